The van der Waals surface area contributed by atoms with Crippen LogP contribution in [0.5, 0.6) is 11.5 Å². The molecule has 5 nitrogen and oxygen atoms in total. The van der Waals surface area contributed by atoms with Gasteiger partial charge in [-0.1, -0.05) is 66.2 Å². The zero-order valence-electron chi connectivity index (χ0n) is 18.4. The maximum atomic E-state index is 12.4. The van der Waals surface area contributed by atoms with Crippen LogP contribution in [0.4, 0.5) is 5.13 Å². The molecular weight excluding hydrogens is 432 g/mol. The molecule has 0 unspecified atom stereocenters. The van der Waals surface area contributed by atoms with Crippen molar-refractivity contribution in [3.8, 4) is 22.8 Å². The molecule has 0 fully saturated rings. The normalized spacial score (nSPS) is 10.8. The predicted molar refractivity (Wildman–Crippen MR) is 134 cm³/mol. The van der Waals surface area contributed by atoms with Crippen LogP contribution in [-0.4, -0.2) is 18.0 Å². The first-order valence-electron chi connectivity index (χ1n) is 10.5. The number of carbonyl (C=O) groups excluding carboxylic acids is 1. The van der Waals surface area contributed by atoms with Gasteiger partial charge in [0.2, 0.25) is 5.91 Å². The predicted octanol–water partition coefficient (Wildman–Crippen LogP) is 6.36. The van der Waals surface area contributed by atoms with Crippen LogP contribution in [0.15, 0.2) is 84.3 Å². The molecule has 0 saturated heterocycles. The van der Waals surface area contributed by atoms with Crippen molar-refractivity contribution >= 4 is 28.5 Å². The third-order valence-electron chi connectivity index (χ3n) is 4.93. The van der Waals surface area contributed by atoms with Crippen LogP contribution in [-0.2, 0) is 11.4 Å². The number of rotatable bonds is 8. The van der Waals surface area contributed by atoms with E-state index < -0.39 is 0 Å². The molecule has 4 aromatic rings. The van der Waals surface area contributed by atoms with Crippen LogP contribution in [0, 0.1) is 6.92 Å². The molecule has 3 aromatic carbocycles. The molecule has 33 heavy (non-hydrogen) atoms. The molecule has 0 atom stereocenters. The Bertz CT molecular complexity index is 1250. The number of anilines is 1. The van der Waals surface area contributed by atoms with E-state index in [1.165, 1.54) is 23.0 Å². The number of methoxy groups -OCH3 is 1. The van der Waals surface area contributed by atoms with Gasteiger partial charge in [0.1, 0.15) is 6.61 Å². The summed E-state index contributed by atoms with van der Waals surface area (Å²) < 4.78 is 11.3. The summed E-state index contributed by atoms with van der Waals surface area (Å²) in [6.45, 7) is 2.50. The fraction of sp³-hybridized carbons (Fsp3) is 0.111. The number of aryl methyl sites for hydroxylation is 1. The van der Waals surface area contributed by atoms with Gasteiger partial charge >= 0.3 is 0 Å². The smallest absolute Gasteiger partial charge is 0.250 e. The highest BCUT2D eigenvalue weighted by Gasteiger charge is 2.08. The number of nitrogens with zero attached hydrogens (tertiary/aromatic N) is 1. The number of hydrogen-bond donors (Lipinski definition) is 1. The Kier molecular flexibility index (Phi) is 7.17. The summed E-state index contributed by atoms with van der Waals surface area (Å²) in [5.41, 5.74) is 4.96. The van der Waals surface area contributed by atoms with Crippen molar-refractivity contribution in [2.45, 2.75) is 13.5 Å². The van der Waals surface area contributed by atoms with Gasteiger partial charge in [0, 0.05) is 17.0 Å². The van der Waals surface area contributed by atoms with Gasteiger partial charge in [-0.2, -0.15) is 0 Å². The number of amides is 1. The molecule has 0 aliphatic rings. The zero-order valence-corrected chi connectivity index (χ0v) is 19.3. The Hall–Kier alpha value is -3.90. The van der Waals surface area contributed by atoms with E-state index in [0.717, 1.165) is 22.4 Å². The maximum Gasteiger partial charge on any atom is 0.250 e. The quantitative estimate of drug-likeness (QED) is 0.314. The topological polar surface area (TPSA) is 60.5 Å². The van der Waals surface area contributed by atoms with Crippen LogP contribution < -0.4 is 14.8 Å². The number of thiazole rings is 1. The Labute approximate surface area is 197 Å². The third-order valence-corrected chi connectivity index (χ3v) is 5.69. The number of carbonyl (C=O) groups is 1. The van der Waals surface area contributed by atoms with E-state index in [0.29, 0.717) is 23.2 Å². The molecule has 0 bridgehead atoms. The number of hydrogen-bond acceptors (Lipinski definition) is 5. The average Bonchev–Trinajstić information content (AvgIpc) is 3.31. The van der Waals surface area contributed by atoms with Crippen molar-refractivity contribution < 1.29 is 14.3 Å². The molecule has 1 heterocycles. The summed E-state index contributed by atoms with van der Waals surface area (Å²) in [7, 11) is 1.60. The summed E-state index contributed by atoms with van der Waals surface area (Å²) in [5.74, 6) is 1.01. The fourth-order valence-corrected chi connectivity index (χ4v) is 3.87. The Balaban J connectivity index is 1.37. The third kappa shape index (κ3) is 6.08. The van der Waals surface area contributed by atoms with Gasteiger partial charge < -0.3 is 9.47 Å². The fourth-order valence-electron chi connectivity index (χ4n) is 3.15. The largest absolute Gasteiger partial charge is 0.493 e. The van der Waals surface area contributed by atoms with Crippen LogP contribution in [0.1, 0.15) is 16.7 Å². The van der Waals surface area contributed by atoms with Crippen LogP contribution in [0.3, 0.4) is 0 Å². The van der Waals surface area contributed by atoms with Gasteiger partial charge in [0.25, 0.3) is 0 Å². The lowest BCUT2D eigenvalue weighted by atomic mass is 10.1. The number of aromatic nitrogens is 1. The lowest BCUT2D eigenvalue weighted by Crippen LogP contribution is -2.07. The summed E-state index contributed by atoms with van der Waals surface area (Å²) in [6.07, 6.45) is 3.21. The summed E-state index contributed by atoms with van der Waals surface area (Å²) in [4.78, 5) is 16.9. The molecule has 0 saturated carbocycles. The van der Waals surface area contributed by atoms with Crippen molar-refractivity contribution in [2.24, 2.45) is 0 Å². The molecule has 166 valence electrons. The highest BCUT2D eigenvalue weighted by atomic mass is 32.1. The van der Waals surface area contributed by atoms with E-state index in [2.05, 4.69) is 10.3 Å². The lowest BCUT2D eigenvalue weighted by molar-refractivity contribution is -0.111. The molecule has 4 rings (SSSR count). The highest BCUT2D eigenvalue weighted by molar-refractivity contribution is 7.14. The molecular formula is C27H24N2O3S. The Morgan fingerprint density at radius 1 is 1.03 bits per heavy atom. The Morgan fingerprint density at radius 2 is 1.82 bits per heavy atom. The molecule has 1 N–H and O–H groups in total. The van der Waals surface area contributed by atoms with Gasteiger partial charge in [-0.3, -0.25) is 10.1 Å². The minimum Gasteiger partial charge on any atom is -0.493 e. The molecule has 1 amide bonds. The average molecular weight is 457 g/mol. The van der Waals surface area contributed by atoms with E-state index in [-0.39, 0.29) is 5.91 Å². The van der Waals surface area contributed by atoms with Gasteiger partial charge in [-0.25, -0.2) is 4.98 Å². The highest BCUT2D eigenvalue weighted by Crippen LogP contribution is 2.29. The summed E-state index contributed by atoms with van der Waals surface area (Å²) >= 11 is 1.40. The van der Waals surface area contributed by atoms with Crippen LogP contribution in [0.2, 0.25) is 0 Å². The van der Waals surface area contributed by atoms with Gasteiger partial charge in [0.15, 0.2) is 16.6 Å². The van der Waals surface area contributed by atoms with E-state index in [4.69, 9.17) is 9.47 Å². The minimum absolute atomic E-state index is 0.247. The van der Waals surface area contributed by atoms with Crippen molar-refractivity contribution in [3.05, 3.63) is 101 Å². The summed E-state index contributed by atoms with van der Waals surface area (Å²) in [5, 5.41) is 5.31. The van der Waals surface area contributed by atoms with Crippen molar-refractivity contribution in [1.82, 2.24) is 4.98 Å². The second kappa shape index (κ2) is 10.6. The van der Waals surface area contributed by atoms with Crippen LogP contribution >= 0.6 is 11.3 Å². The minimum atomic E-state index is -0.247. The van der Waals surface area contributed by atoms with Crippen molar-refractivity contribution in [2.75, 3.05) is 12.4 Å². The van der Waals surface area contributed by atoms with E-state index in [1.54, 1.807) is 13.2 Å². The molecule has 1 aromatic heterocycles. The number of nitrogens with one attached hydrogen (secondary N) is 1. The Morgan fingerprint density at radius 3 is 2.58 bits per heavy atom. The molecule has 0 aliphatic heterocycles. The van der Waals surface area contributed by atoms with Crippen LogP contribution in [0.25, 0.3) is 17.3 Å². The van der Waals surface area contributed by atoms with Crippen molar-refractivity contribution in [3.63, 3.8) is 0 Å². The SMILES string of the molecule is COc1cc(/C=C/C(=O)Nc2nc(-c3ccc(C)cc3)cs2)ccc1OCc1ccccc1. The van der Waals surface area contributed by atoms with Gasteiger partial charge in [0.05, 0.1) is 12.8 Å². The van der Waals surface area contributed by atoms with Crippen molar-refractivity contribution in [1.29, 1.82) is 0 Å². The zero-order chi connectivity index (χ0) is 23.0. The lowest BCUT2D eigenvalue weighted by Gasteiger charge is -2.11. The monoisotopic (exact) mass is 456 g/mol. The van der Waals surface area contributed by atoms with E-state index in [1.807, 2.05) is 85.1 Å². The van der Waals surface area contributed by atoms with Gasteiger partial charge in [-0.15, -0.1) is 11.3 Å². The standard InChI is InChI=1S/C27H24N2O3S/c1-19-8-12-22(13-9-19)23-18-33-27(28-23)29-26(30)15-11-20-10-14-24(25(16-20)31-2)32-17-21-6-4-3-5-7-21/h3-16,18H,17H2,1-2H3,(H,28,29,30)/b15-11+. The molecule has 0 radical (unpaired) electrons. The maximum absolute atomic E-state index is 12.4. The van der Waals surface area contributed by atoms with E-state index >= 15 is 0 Å². The molecule has 0 aliphatic carbocycles. The first kappa shape index (κ1) is 22.3. The number of benzene rings is 3. The first-order chi connectivity index (χ1) is 16.1. The molecule has 6 heteroatoms. The number of ether oxygens (including phenoxy) is 2. The van der Waals surface area contributed by atoms with Gasteiger partial charge in [-0.05, 0) is 36.3 Å². The molecule has 0 spiro atoms. The summed E-state index contributed by atoms with van der Waals surface area (Å²) in [6, 6.07) is 23.6. The second-order valence-corrected chi connectivity index (χ2v) is 8.27. The first-order valence-corrected chi connectivity index (χ1v) is 11.3. The second-order valence-electron chi connectivity index (χ2n) is 7.41. The van der Waals surface area contributed by atoms with E-state index in [9.17, 15) is 4.79 Å².